The fraction of sp³-hybridized carbons (Fsp3) is 0.400. The Kier molecular flexibility index (Phi) is 7.23. The van der Waals surface area contributed by atoms with Crippen LogP contribution < -0.4 is 10.6 Å². The van der Waals surface area contributed by atoms with Crippen LogP contribution in [0.1, 0.15) is 61.5 Å². The minimum absolute atomic E-state index is 0.0121. The zero-order valence-electron chi connectivity index (χ0n) is 18.5. The molecule has 5 nitrogen and oxygen atoms in total. The lowest BCUT2D eigenvalue weighted by Crippen LogP contribution is -2.51. The highest BCUT2D eigenvalue weighted by Gasteiger charge is 2.47. The zero-order valence-corrected chi connectivity index (χ0v) is 18.5. The van der Waals surface area contributed by atoms with Crippen molar-refractivity contribution < 1.29 is 22.8 Å². The van der Waals surface area contributed by atoms with E-state index in [-0.39, 0.29) is 17.8 Å². The molecule has 2 aromatic rings. The molecule has 2 N–H and O–H groups in total. The van der Waals surface area contributed by atoms with Gasteiger partial charge in [-0.2, -0.15) is 18.4 Å². The molecule has 1 aliphatic carbocycles. The Balaban J connectivity index is 1.81. The molecule has 0 unspecified atom stereocenters. The van der Waals surface area contributed by atoms with E-state index >= 15 is 0 Å². The van der Waals surface area contributed by atoms with Crippen LogP contribution in [0, 0.1) is 11.3 Å². The van der Waals surface area contributed by atoms with Gasteiger partial charge in [-0.05, 0) is 42.9 Å². The number of hydrogen-bond donors (Lipinski definition) is 2. The lowest BCUT2D eigenvalue weighted by molar-refractivity contribution is -0.161. The SMILES string of the molecule is CCC[C@H](N[C@@H](c1ccc(-c2ccc(C(C)=O)cc2)cc1)C(F)(F)F)C(=O)NC1(C#N)CC1. The molecule has 2 aromatic carbocycles. The second-order valence-electron chi connectivity index (χ2n) is 8.42. The molecule has 0 aliphatic heterocycles. The van der Waals surface area contributed by atoms with Gasteiger partial charge < -0.3 is 5.32 Å². The highest BCUT2D eigenvalue weighted by molar-refractivity contribution is 5.94. The van der Waals surface area contributed by atoms with Gasteiger partial charge in [-0.1, -0.05) is 61.9 Å². The van der Waals surface area contributed by atoms with Crippen LogP contribution in [-0.4, -0.2) is 29.4 Å². The number of hydrogen-bond acceptors (Lipinski definition) is 4. The van der Waals surface area contributed by atoms with Crippen LogP contribution in [0.5, 0.6) is 0 Å². The normalized spacial score (nSPS) is 16.4. The third kappa shape index (κ3) is 5.99. The van der Waals surface area contributed by atoms with Crippen molar-refractivity contribution in [2.75, 3.05) is 0 Å². The van der Waals surface area contributed by atoms with Crippen molar-refractivity contribution in [3.63, 3.8) is 0 Å². The van der Waals surface area contributed by atoms with Crippen molar-refractivity contribution in [3.8, 4) is 17.2 Å². The monoisotopic (exact) mass is 457 g/mol. The number of rotatable bonds is 9. The van der Waals surface area contributed by atoms with Gasteiger partial charge in [0.1, 0.15) is 11.6 Å². The van der Waals surface area contributed by atoms with Crippen molar-refractivity contribution in [3.05, 3.63) is 59.7 Å². The van der Waals surface area contributed by atoms with E-state index in [9.17, 15) is 28.0 Å². The number of amides is 1. The molecule has 33 heavy (non-hydrogen) atoms. The highest BCUT2D eigenvalue weighted by Crippen LogP contribution is 2.36. The minimum atomic E-state index is -4.62. The summed E-state index contributed by atoms with van der Waals surface area (Å²) in [6, 6.07) is 11.7. The summed E-state index contributed by atoms with van der Waals surface area (Å²) in [6.45, 7) is 3.25. The first-order valence-electron chi connectivity index (χ1n) is 10.9. The summed E-state index contributed by atoms with van der Waals surface area (Å²) >= 11 is 0. The van der Waals surface area contributed by atoms with Crippen molar-refractivity contribution in [2.45, 2.75) is 63.3 Å². The van der Waals surface area contributed by atoms with Gasteiger partial charge in [0.15, 0.2) is 5.78 Å². The van der Waals surface area contributed by atoms with E-state index in [1.165, 1.54) is 19.1 Å². The first-order valence-corrected chi connectivity index (χ1v) is 10.9. The largest absolute Gasteiger partial charge is 0.407 e. The average molecular weight is 457 g/mol. The quantitative estimate of drug-likeness (QED) is 0.514. The van der Waals surface area contributed by atoms with Gasteiger partial charge in [0.25, 0.3) is 0 Å². The lowest BCUT2D eigenvalue weighted by atomic mass is 9.98. The van der Waals surface area contributed by atoms with E-state index < -0.39 is 29.7 Å². The Hall–Kier alpha value is -3.18. The smallest absolute Gasteiger partial charge is 0.336 e. The maximum Gasteiger partial charge on any atom is 0.407 e. The number of Topliss-reactive ketones (excluding diaryl/α,β-unsaturated/α-hetero) is 1. The number of nitriles is 1. The maximum atomic E-state index is 14.0. The summed E-state index contributed by atoms with van der Waals surface area (Å²) < 4.78 is 41.9. The first-order chi connectivity index (χ1) is 15.6. The summed E-state index contributed by atoms with van der Waals surface area (Å²) in [7, 11) is 0. The number of alkyl halides is 3. The van der Waals surface area contributed by atoms with E-state index in [0.717, 1.165) is 5.56 Å². The van der Waals surface area contributed by atoms with E-state index in [1.807, 2.05) is 6.07 Å². The predicted molar refractivity (Wildman–Crippen MR) is 118 cm³/mol. The molecular formula is C25H26F3N3O2. The number of carbonyl (C=O) groups is 2. The fourth-order valence-electron chi connectivity index (χ4n) is 3.64. The highest BCUT2D eigenvalue weighted by atomic mass is 19.4. The van der Waals surface area contributed by atoms with Crippen molar-refractivity contribution in [2.24, 2.45) is 0 Å². The number of halogens is 3. The van der Waals surface area contributed by atoms with E-state index in [1.54, 1.807) is 43.3 Å². The molecule has 1 fully saturated rings. The van der Waals surface area contributed by atoms with Gasteiger partial charge in [0, 0.05) is 5.56 Å². The summed E-state index contributed by atoms with van der Waals surface area (Å²) in [4.78, 5) is 24.1. The van der Waals surface area contributed by atoms with Gasteiger partial charge in [-0.15, -0.1) is 0 Å². The maximum absolute atomic E-state index is 14.0. The van der Waals surface area contributed by atoms with Crippen molar-refractivity contribution >= 4 is 11.7 Å². The molecule has 0 radical (unpaired) electrons. The minimum Gasteiger partial charge on any atom is -0.336 e. The van der Waals surface area contributed by atoms with Gasteiger partial charge in [-0.3, -0.25) is 14.9 Å². The van der Waals surface area contributed by atoms with E-state index in [4.69, 9.17) is 0 Å². The van der Waals surface area contributed by atoms with Crippen molar-refractivity contribution in [1.82, 2.24) is 10.6 Å². The van der Waals surface area contributed by atoms with E-state index in [0.29, 0.717) is 30.4 Å². The van der Waals surface area contributed by atoms with E-state index in [2.05, 4.69) is 10.6 Å². The summed E-state index contributed by atoms with van der Waals surface area (Å²) in [5.74, 6) is -0.656. The summed E-state index contributed by atoms with van der Waals surface area (Å²) in [6.07, 6.45) is -2.90. The Bertz CT molecular complexity index is 1040. The summed E-state index contributed by atoms with van der Waals surface area (Å²) in [5, 5.41) is 14.3. The number of benzene rings is 2. The third-order valence-corrected chi connectivity index (χ3v) is 5.78. The molecule has 1 saturated carbocycles. The van der Waals surface area contributed by atoms with Crippen LogP contribution in [0.2, 0.25) is 0 Å². The van der Waals surface area contributed by atoms with Crippen LogP contribution in [0.3, 0.4) is 0 Å². The Morgan fingerprint density at radius 2 is 1.61 bits per heavy atom. The molecular weight excluding hydrogens is 431 g/mol. The Morgan fingerprint density at radius 1 is 1.06 bits per heavy atom. The molecule has 0 aromatic heterocycles. The number of ketones is 1. The van der Waals surface area contributed by atoms with Crippen LogP contribution >= 0.6 is 0 Å². The average Bonchev–Trinajstić information content (AvgIpc) is 3.55. The zero-order chi connectivity index (χ0) is 24.2. The molecule has 0 spiro atoms. The molecule has 0 bridgehead atoms. The van der Waals surface area contributed by atoms with Crippen LogP contribution in [0.25, 0.3) is 11.1 Å². The molecule has 8 heteroatoms. The molecule has 0 heterocycles. The van der Waals surface area contributed by atoms with Gasteiger partial charge in [0.05, 0.1) is 12.1 Å². The molecule has 2 atom stereocenters. The third-order valence-electron chi connectivity index (χ3n) is 5.78. The van der Waals surface area contributed by atoms with Gasteiger partial charge in [-0.25, -0.2) is 0 Å². The van der Waals surface area contributed by atoms with Crippen LogP contribution in [-0.2, 0) is 4.79 Å². The van der Waals surface area contributed by atoms with Gasteiger partial charge in [0.2, 0.25) is 5.91 Å². The van der Waals surface area contributed by atoms with Crippen LogP contribution in [0.4, 0.5) is 13.2 Å². The number of carbonyl (C=O) groups excluding carboxylic acids is 2. The topological polar surface area (TPSA) is 82.0 Å². The fourth-order valence-corrected chi connectivity index (χ4v) is 3.64. The standard InChI is InChI=1S/C25H26F3N3O2/c1-3-4-21(23(33)31-24(15-29)13-14-24)30-22(25(26,27)28)20-11-9-19(10-12-20)18-7-5-17(6-8-18)16(2)32/h5-12,21-22,30H,3-4,13-14H2,1-2H3,(H,31,33)/t21-,22-/m0/s1. The number of nitrogens with one attached hydrogen (secondary N) is 2. The summed E-state index contributed by atoms with van der Waals surface area (Å²) in [5.41, 5.74) is 1.08. The number of nitrogens with zero attached hydrogens (tertiary/aromatic N) is 1. The predicted octanol–water partition coefficient (Wildman–Crippen LogP) is 5.09. The van der Waals surface area contributed by atoms with Crippen molar-refractivity contribution in [1.29, 1.82) is 5.26 Å². The van der Waals surface area contributed by atoms with Crippen LogP contribution in [0.15, 0.2) is 48.5 Å². The lowest BCUT2D eigenvalue weighted by Gasteiger charge is -2.28. The first kappa shape index (κ1) is 24.5. The Labute approximate surface area is 191 Å². The molecule has 3 rings (SSSR count). The molecule has 1 aliphatic rings. The second-order valence-corrected chi connectivity index (χ2v) is 8.42. The molecule has 1 amide bonds. The van der Waals surface area contributed by atoms with Gasteiger partial charge >= 0.3 is 6.18 Å². The Morgan fingerprint density at radius 3 is 2.03 bits per heavy atom. The molecule has 174 valence electrons. The molecule has 0 saturated heterocycles. The second kappa shape index (κ2) is 9.75.